The number of amides is 1. The van der Waals surface area contributed by atoms with Crippen LogP contribution in [-0.4, -0.2) is 44.9 Å². The number of hydrogen-bond acceptors (Lipinski definition) is 5. The van der Waals surface area contributed by atoms with Crippen LogP contribution in [0, 0.1) is 0 Å². The summed E-state index contributed by atoms with van der Waals surface area (Å²) in [5.41, 5.74) is 2.17. The normalized spacial score (nSPS) is 23.6. The molecule has 3 aliphatic rings. The summed E-state index contributed by atoms with van der Waals surface area (Å²) in [5, 5.41) is 3.30. The number of benzene rings is 2. The number of ether oxygens (including phenoxy) is 3. The molecule has 2 heterocycles. The summed E-state index contributed by atoms with van der Waals surface area (Å²) in [7, 11) is 1.63. The molecule has 2 atom stereocenters. The lowest BCUT2D eigenvalue weighted by atomic mass is 10.1. The van der Waals surface area contributed by atoms with Crippen LogP contribution in [0.3, 0.4) is 0 Å². The minimum absolute atomic E-state index is 0.0167. The number of nitrogens with one attached hydrogen (secondary N) is 1. The van der Waals surface area contributed by atoms with Gasteiger partial charge in [-0.1, -0.05) is 12.1 Å². The van der Waals surface area contributed by atoms with E-state index < -0.39 is 6.10 Å². The van der Waals surface area contributed by atoms with Gasteiger partial charge in [0.25, 0.3) is 5.91 Å². The Balaban J connectivity index is 1.25. The van der Waals surface area contributed by atoms with E-state index in [1.807, 2.05) is 30.3 Å². The first kappa shape index (κ1) is 19.2. The van der Waals surface area contributed by atoms with Crippen molar-refractivity contribution < 1.29 is 19.0 Å². The van der Waals surface area contributed by atoms with Crippen LogP contribution in [-0.2, 0) is 4.79 Å². The molecule has 0 bridgehead atoms. The highest BCUT2D eigenvalue weighted by molar-refractivity contribution is 5.99. The van der Waals surface area contributed by atoms with E-state index in [4.69, 9.17) is 14.2 Å². The van der Waals surface area contributed by atoms with Crippen LogP contribution in [0.1, 0.15) is 37.2 Å². The van der Waals surface area contributed by atoms with Gasteiger partial charge in [0.2, 0.25) is 0 Å². The van der Waals surface area contributed by atoms with Crippen molar-refractivity contribution in [2.45, 2.75) is 43.8 Å². The van der Waals surface area contributed by atoms with E-state index in [-0.39, 0.29) is 12.0 Å². The molecule has 1 saturated carbocycles. The number of carbonyl (C=O) groups excluding carboxylic acids is 1. The van der Waals surface area contributed by atoms with E-state index in [2.05, 4.69) is 17.4 Å². The average molecular weight is 408 g/mol. The fraction of sp³-hybridized carbons (Fsp3) is 0.458. The Morgan fingerprint density at radius 1 is 0.967 bits per heavy atom. The van der Waals surface area contributed by atoms with Gasteiger partial charge in [0, 0.05) is 31.3 Å². The molecule has 1 amide bonds. The van der Waals surface area contributed by atoms with Gasteiger partial charge in [-0.3, -0.25) is 4.79 Å². The highest BCUT2D eigenvalue weighted by Crippen LogP contribution is 2.40. The molecule has 1 aliphatic carbocycles. The van der Waals surface area contributed by atoms with Crippen LogP contribution in [0.25, 0.3) is 0 Å². The quantitative estimate of drug-likeness (QED) is 0.760. The summed E-state index contributed by atoms with van der Waals surface area (Å²) in [6, 6.07) is 13.9. The van der Waals surface area contributed by atoms with Crippen LogP contribution >= 0.6 is 0 Å². The van der Waals surface area contributed by atoms with Crippen molar-refractivity contribution in [3.63, 3.8) is 0 Å². The van der Waals surface area contributed by atoms with E-state index in [1.165, 1.54) is 18.4 Å². The van der Waals surface area contributed by atoms with E-state index in [9.17, 15) is 4.79 Å². The molecule has 0 spiro atoms. The Morgan fingerprint density at radius 3 is 2.50 bits per heavy atom. The largest absolute Gasteiger partial charge is 0.493 e. The third-order valence-corrected chi connectivity index (χ3v) is 6.13. The Labute approximate surface area is 177 Å². The fourth-order valence-corrected chi connectivity index (χ4v) is 4.25. The SMILES string of the molecule is COc1cc(N2CC[C@H](Oc3ccc(C4CC4)cc3)C2=O)ccc1O[C@H]1CCNC1. The molecule has 2 aromatic carbocycles. The zero-order valence-electron chi connectivity index (χ0n) is 17.3. The van der Waals surface area contributed by atoms with Gasteiger partial charge < -0.3 is 24.4 Å². The molecular formula is C24H28N2O4. The van der Waals surface area contributed by atoms with Crippen molar-refractivity contribution in [3.05, 3.63) is 48.0 Å². The van der Waals surface area contributed by atoms with Gasteiger partial charge in [-0.2, -0.15) is 0 Å². The molecule has 1 N–H and O–H groups in total. The van der Waals surface area contributed by atoms with Gasteiger partial charge in [0.15, 0.2) is 17.6 Å². The van der Waals surface area contributed by atoms with Crippen molar-refractivity contribution in [3.8, 4) is 17.2 Å². The summed E-state index contributed by atoms with van der Waals surface area (Å²) in [4.78, 5) is 14.7. The average Bonchev–Trinajstić information content (AvgIpc) is 3.39. The predicted octanol–water partition coefficient (Wildman–Crippen LogP) is 3.50. The Hall–Kier alpha value is -2.73. The van der Waals surface area contributed by atoms with Crippen molar-refractivity contribution in [1.29, 1.82) is 0 Å². The molecule has 5 rings (SSSR count). The molecule has 158 valence electrons. The second-order valence-corrected chi connectivity index (χ2v) is 8.30. The minimum Gasteiger partial charge on any atom is -0.493 e. The number of anilines is 1. The van der Waals surface area contributed by atoms with E-state index in [0.717, 1.165) is 36.9 Å². The first-order valence-corrected chi connectivity index (χ1v) is 10.8. The van der Waals surface area contributed by atoms with Crippen LogP contribution in [0.15, 0.2) is 42.5 Å². The Bertz CT molecular complexity index is 904. The van der Waals surface area contributed by atoms with Gasteiger partial charge in [0.05, 0.1) is 7.11 Å². The lowest BCUT2D eigenvalue weighted by molar-refractivity contribution is -0.122. The lowest BCUT2D eigenvalue weighted by Gasteiger charge is -2.20. The topological polar surface area (TPSA) is 60.0 Å². The molecule has 6 nitrogen and oxygen atoms in total. The van der Waals surface area contributed by atoms with Crippen molar-refractivity contribution in [2.24, 2.45) is 0 Å². The van der Waals surface area contributed by atoms with Crippen molar-refractivity contribution in [1.82, 2.24) is 5.32 Å². The van der Waals surface area contributed by atoms with Crippen molar-refractivity contribution >= 4 is 11.6 Å². The van der Waals surface area contributed by atoms with Crippen LogP contribution in [0.5, 0.6) is 17.2 Å². The Morgan fingerprint density at radius 2 is 1.80 bits per heavy atom. The second-order valence-electron chi connectivity index (χ2n) is 8.30. The second kappa shape index (κ2) is 8.19. The van der Waals surface area contributed by atoms with Gasteiger partial charge in [0.1, 0.15) is 11.9 Å². The number of hydrogen-bond donors (Lipinski definition) is 1. The minimum atomic E-state index is -0.455. The molecule has 0 radical (unpaired) electrons. The molecule has 2 saturated heterocycles. The standard InChI is InChI=1S/C24H28N2O4/c1-28-23-14-18(6-9-21(23)30-20-10-12-25-15-20)26-13-11-22(24(26)27)29-19-7-4-17(5-8-19)16-2-3-16/h4-9,14,16,20,22,25H,2-3,10-13,15H2,1H3/t20-,22-/m0/s1. The van der Waals surface area contributed by atoms with Gasteiger partial charge >= 0.3 is 0 Å². The monoisotopic (exact) mass is 408 g/mol. The summed E-state index contributed by atoms with van der Waals surface area (Å²) in [6.07, 6.45) is 3.90. The molecule has 0 unspecified atom stereocenters. The number of rotatable bonds is 7. The summed E-state index contributed by atoms with van der Waals surface area (Å²) < 4.78 is 17.6. The zero-order valence-corrected chi connectivity index (χ0v) is 17.3. The van der Waals surface area contributed by atoms with Crippen molar-refractivity contribution in [2.75, 3.05) is 31.6 Å². The van der Waals surface area contributed by atoms with Gasteiger partial charge in [-0.25, -0.2) is 0 Å². The van der Waals surface area contributed by atoms with Crippen LogP contribution in [0.2, 0.25) is 0 Å². The van der Waals surface area contributed by atoms with Crippen LogP contribution < -0.4 is 24.4 Å². The summed E-state index contributed by atoms with van der Waals surface area (Å²) in [6.45, 7) is 2.44. The number of methoxy groups -OCH3 is 1. The molecule has 2 aliphatic heterocycles. The molecule has 0 aromatic heterocycles. The summed E-state index contributed by atoms with van der Waals surface area (Å²) >= 11 is 0. The maximum atomic E-state index is 13.0. The van der Waals surface area contributed by atoms with Gasteiger partial charge in [-0.15, -0.1) is 0 Å². The zero-order chi connectivity index (χ0) is 20.5. The number of carbonyl (C=O) groups is 1. The molecular weight excluding hydrogens is 380 g/mol. The van der Waals surface area contributed by atoms with E-state index >= 15 is 0 Å². The first-order chi connectivity index (χ1) is 14.7. The maximum Gasteiger partial charge on any atom is 0.268 e. The van der Waals surface area contributed by atoms with E-state index in [0.29, 0.717) is 24.5 Å². The smallest absolute Gasteiger partial charge is 0.268 e. The summed E-state index contributed by atoms with van der Waals surface area (Å²) in [5.74, 6) is 2.81. The molecule has 3 fully saturated rings. The van der Waals surface area contributed by atoms with Gasteiger partial charge in [-0.05, 0) is 61.6 Å². The highest BCUT2D eigenvalue weighted by Gasteiger charge is 2.35. The maximum absolute atomic E-state index is 13.0. The lowest BCUT2D eigenvalue weighted by Crippen LogP contribution is -2.32. The van der Waals surface area contributed by atoms with E-state index in [1.54, 1.807) is 12.0 Å². The molecule has 6 heteroatoms. The molecule has 2 aromatic rings. The first-order valence-electron chi connectivity index (χ1n) is 10.8. The third kappa shape index (κ3) is 3.97. The highest BCUT2D eigenvalue weighted by atomic mass is 16.5. The predicted molar refractivity (Wildman–Crippen MR) is 115 cm³/mol. The number of nitrogens with zero attached hydrogens (tertiary/aromatic N) is 1. The fourth-order valence-electron chi connectivity index (χ4n) is 4.25. The van der Waals surface area contributed by atoms with Crippen LogP contribution in [0.4, 0.5) is 5.69 Å². The third-order valence-electron chi connectivity index (χ3n) is 6.13. The molecule has 30 heavy (non-hydrogen) atoms. The Kier molecular flexibility index (Phi) is 5.25.